The normalized spacial score (nSPS) is 15.5. The molecule has 1 saturated heterocycles. The van der Waals surface area contributed by atoms with Gasteiger partial charge in [-0.05, 0) is 111 Å². The fourth-order valence-corrected chi connectivity index (χ4v) is 7.56. The zero-order chi connectivity index (χ0) is 33.5. The fraction of sp³-hybridized carbons (Fsp3) is 0.273. The van der Waals surface area contributed by atoms with E-state index in [9.17, 15) is 4.79 Å². The molecule has 0 N–H and O–H groups in total. The zero-order valence-electron chi connectivity index (χ0n) is 28.7. The predicted octanol–water partition coefficient (Wildman–Crippen LogP) is 10.6. The van der Waals surface area contributed by atoms with E-state index in [0.29, 0.717) is 12.2 Å². The summed E-state index contributed by atoms with van der Waals surface area (Å²) in [5, 5.41) is 2.59. The van der Waals surface area contributed by atoms with Gasteiger partial charge in [-0.2, -0.15) is 0 Å². The van der Waals surface area contributed by atoms with Gasteiger partial charge in [0.2, 0.25) is 0 Å². The number of hydrogen-bond donors (Lipinski definition) is 0. The number of nitrogens with zero attached hydrogens (tertiary/aromatic N) is 3. The van der Waals surface area contributed by atoms with E-state index in [4.69, 9.17) is 9.73 Å². The van der Waals surface area contributed by atoms with Crippen LogP contribution in [0.2, 0.25) is 0 Å². The highest BCUT2D eigenvalue weighted by molar-refractivity contribution is 6.10. The Hall–Kier alpha value is -5.16. The molecule has 1 atom stereocenters. The summed E-state index contributed by atoms with van der Waals surface area (Å²) in [5.41, 5.74) is 12.5. The Morgan fingerprint density at radius 1 is 0.714 bits per heavy atom. The van der Waals surface area contributed by atoms with Crippen molar-refractivity contribution in [2.24, 2.45) is 4.99 Å². The monoisotopic (exact) mass is 645 g/mol. The summed E-state index contributed by atoms with van der Waals surface area (Å²) in [6.07, 6.45) is 7.04. The Morgan fingerprint density at radius 2 is 1.33 bits per heavy atom. The van der Waals surface area contributed by atoms with Crippen LogP contribution in [0.25, 0.3) is 44.1 Å². The summed E-state index contributed by atoms with van der Waals surface area (Å²) in [6.45, 7) is 8.68. The highest BCUT2D eigenvalue weighted by Crippen LogP contribution is 2.37. The van der Waals surface area contributed by atoms with Crippen LogP contribution in [0.3, 0.4) is 0 Å². The van der Waals surface area contributed by atoms with E-state index in [2.05, 4.69) is 103 Å². The predicted molar refractivity (Wildman–Crippen MR) is 203 cm³/mol. The molecular weight excluding hydrogens is 603 g/mol. The van der Waals surface area contributed by atoms with Crippen molar-refractivity contribution in [3.8, 4) is 28.0 Å². The third-order valence-corrected chi connectivity index (χ3v) is 10.4. The Bertz CT molecular complexity index is 2110. The lowest BCUT2D eigenvalue weighted by Gasteiger charge is -2.20. The van der Waals surface area contributed by atoms with Gasteiger partial charge in [0.1, 0.15) is 5.75 Å². The van der Waals surface area contributed by atoms with Crippen LogP contribution in [0, 0.1) is 20.8 Å². The number of carbonyl (C=O) groups excluding carboxylic acids is 1. The molecule has 0 saturated carbocycles. The van der Waals surface area contributed by atoms with Crippen molar-refractivity contribution < 1.29 is 9.53 Å². The van der Waals surface area contributed by atoms with Gasteiger partial charge in [-0.3, -0.25) is 9.79 Å². The van der Waals surface area contributed by atoms with Gasteiger partial charge in [-0.25, -0.2) is 0 Å². The van der Waals surface area contributed by atoms with Crippen LogP contribution in [-0.2, 0) is 6.54 Å². The molecule has 49 heavy (non-hydrogen) atoms. The minimum atomic E-state index is 0.0902. The van der Waals surface area contributed by atoms with E-state index in [1.165, 1.54) is 55.2 Å². The van der Waals surface area contributed by atoms with Crippen molar-refractivity contribution >= 4 is 39.6 Å². The van der Waals surface area contributed by atoms with Gasteiger partial charge in [0.15, 0.2) is 0 Å². The number of rotatable bonds is 9. The number of unbranched alkanes of at least 4 members (excludes halogenated alkanes) is 2. The number of hydrogen-bond acceptors (Lipinski definition) is 3. The summed E-state index contributed by atoms with van der Waals surface area (Å²) >= 11 is 0. The first-order valence-electron chi connectivity index (χ1n) is 17.8. The fourth-order valence-electron chi connectivity index (χ4n) is 7.56. The van der Waals surface area contributed by atoms with Crippen molar-refractivity contribution in [1.82, 2.24) is 9.47 Å². The van der Waals surface area contributed by atoms with Gasteiger partial charge in [-0.1, -0.05) is 71.8 Å². The van der Waals surface area contributed by atoms with Crippen LogP contribution < -0.4 is 4.74 Å². The first-order valence-corrected chi connectivity index (χ1v) is 17.8. The molecule has 5 heteroatoms. The summed E-state index contributed by atoms with van der Waals surface area (Å²) in [7, 11) is 0. The average Bonchev–Trinajstić information content (AvgIpc) is 3.68. The number of benzene rings is 5. The van der Waals surface area contributed by atoms with Crippen LogP contribution in [-0.4, -0.2) is 40.8 Å². The highest BCUT2D eigenvalue weighted by Gasteiger charge is 2.32. The lowest BCUT2D eigenvalue weighted by Crippen LogP contribution is -2.35. The molecule has 5 nitrogen and oxygen atoms in total. The maximum atomic E-state index is 13.2. The quantitative estimate of drug-likeness (QED) is 0.147. The molecule has 1 fully saturated rings. The molecule has 246 valence electrons. The lowest BCUT2D eigenvalue weighted by atomic mass is 9.99. The molecule has 0 aliphatic carbocycles. The second-order valence-corrected chi connectivity index (χ2v) is 13.9. The van der Waals surface area contributed by atoms with Crippen molar-refractivity contribution in [2.45, 2.75) is 65.5 Å². The van der Waals surface area contributed by atoms with Gasteiger partial charge in [0.05, 0.1) is 23.9 Å². The summed E-state index contributed by atoms with van der Waals surface area (Å²) in [6, 6.07) is 35.5. The van der Waals surface area contributed by atoms with Crippen LogP contribution in [0.15, 0.2) is 102 Å². The number of amides is 1. The van der Waals surface area contributed by atoms with Crippen molar-refractivity contribution in [2.75, 3.05) is 13.2 Å². The highest BCUT2D eigenvalue weighted by atomic mass is 16.5. The first-order chi connectivity index (χ1) is 23.9. The third kappa shape index (κ3) is 6.03. The van der Waals surface area contributed by atoms with Crippen molar-refractivity contribution in [3.05, 3.63) is 119 Å². The average molecular weight is 646 g/mol. The van der Waals surface area contributed by atoms with E-state index >= 15 is 0 Å². The van der Waals surface area contributed by atoms with Crippen LogP contribution >= 0.6 is 0 Å². The molecule has 2 aliphatic heterocycles. The Balaban J connectivity index is 0.993. The number of aliphatic imine (C=N–C) groups is 1. The number of aromatic nitrogens is 1. The second kappa shape index (κ2) is 13.0. The summed E-state index contributed by atoms with van der Waals surface area (Å²) in [5.74, 6) is 0.911. The van der Waals surface area contributed by atoms with E-state index in [1.807, 2.05) is 30.2 Å². The Morgan fingerprint density at radius 3 is 1.96 bits per heavy atom. The van der Waals surface area contributed by atoms with Gasteiger partial charge >= 0.3 is 0 Å². The van der Waals surface area contributed by atoms with Crippen molar-refractivity contribution in [1.29, 1.82) is 0 Å². The smallest absolute Gasteiger partial charge is 0.256 e. The number of carbonyl (C=O) groups is 1. The van der Waals surface area contributed by atoms with E-state index in [0.717, 1.165) is 62.2 Å². The number of aryl methyl sites for hydroxylation is 4. The van der Waals surface area contributed by atoms with E-state index < -0.39 is 0 Å². The number of ether oxygens (including phenoxy) is 1. The SMILES string of the molecule is Cc1ccc(-c2ccc3c(c2)c2cc(-c4ccc(C)cc4)ccc2n3CCCCCOc2cc3c(cc2C)C(=O)N2CCC[C@H]2C=N3)cc1. The molecule has 8 rings (SSSR count). The third-order valence-electron chi connectivity index (χ3n) is 10.4. The second-order valence-electron chi connectivity index (χ2n) is 13.9. The van der Waals surface area contributed by atoms with Gasteiger partial charge in [-0.15, -0.1) is 0 Å². The van der Waals surface area contributed by atoms with E-state index in [1.54, 1.807) is 0 Å². The molecule has 1 aromatic heterocycles. The van der Waals surface area contributed by atoms with Gasteiger partial charge < -0.3 is 14.2 Å². The molecule has 1 amide bonds. The standard InChI is InChI=1S/C44H43N3O2/c1-29-9-13-32(14-10-29)34-17-19-41-37(25-34)38-26-35(33-15-11-30(2)12-16-33)18-20-42(38)47(41)21-5-4-6-23-49-43-27-40-39(24-31(43)3)44(48)46-22-7-8-36(46)28-45-40/h9-20,24-28,36H,4-8,21-23H2,1-3H3/t36-/m0/s1. The van der Waals surface area contributed by atoms with Gasteiger partial charge in [0, 0.05) is 47.2 Å². The minimum Gasteiger partial charge on any atom is -0.493 e. The molecule has 2 aliphatic rings. The summed E-state index contributed by atoms with van der Waals surface area (Å²) in [4.78, 5) is 19.8. The minimum absolute atomic E-state index is 0.0902. The van der Waals surface area contributed by atoms with Crippen LogP contribution in [0.4, 0.5) is 5.69 Å². The largest absolute Gasteiger partial charge is 0.493 e. The molecular formula is C44H43N3O2. The van der Waals surface area contributed by atoms with Crippen molar-refractivity contribution in [3.63, 3.8) is 0 Å². The summed E-state index contributed by atoms with van der Waals surface area (Å²) < 4.78 is 8.77. The molecule has 5 aromatic carbocycles. The maximum absolute atomic E-state index is 13.2. The molecule has 0 spiro atoms. The van der Waals surface area contributed by atoms with Crippen LogP contribution in [0.1, 0.15) is 59.2 Å². The molecule has 0 unspecified atom stereocenters. The van der Waals surface area contributed by atoms with E-state index in [-0.39, 0.29) is 11.9 Å². The molecule has 3 heterocycles. The lowest BCUT2D eigenvalue weighted by molar-refractivity contribution is 0.0774. The van der Waals surface area contributed by atoms with Gasteiger partial charge in [0.25, 0.3) is 5.91 Å². The first kappa shape index (κ1) is 31.1. The number of fused-ring (bicyclic) bond motifs is 5. The molecule has 0 radical (unpaired) electrons. The van der Waals surface area contributed by atoms with Crippen LogP contribution in [0.5, 0.6) is 5.75 Å². The Kier molecular flexibility index (Phi) is 8.28. The molecule has 6 aromatic rings. The maximum Gasteiger partial charge on any atom is 0.256 e. The zero-order valence-corrected chi connectivity index (χ0v) is 28.7. The Labute approximate surface area is 288 Å². The molecule has 0 bridgehead atoms. The topological polar surface area (TPSA) is 46.8 Å².